The van der Waals surface area contributed by atoms with Gasteiger partial charge in [0.15, 0.2) is 5.65 Å². The lowest BCUT2D eigenvalue weighted by atomic mass is 10.1. The third kappa shape index (κ3) is 3.25. The standard InChI is InChI=1S/C17H23N5O/c1-11-10-14(15-12(2)21-22(3)16(15)18-11)17(23)20-19-13-8-6-4-5-7-9-13/h10H,4-9H2,1-3H3,(H,20,23). The lowest BCUT2D eigenvalue weighted by Crippen LogP contribution is -2.20. The van der Waals surface area contributed by atoms with Gasteiger partial charge in [-0.3, -0.25) is 9.48 Å². The van der Waals surface area contributed by atoms with Crippen LogP contribution in [-0.4, -0.2) is 26.4 Å². The van der Waals surface area contributed by atoms with Crippen LogP contribution >= 0.6 is 0 Å². The molecule has 0 radical (unpaired) electrons. The molecule has 2 heterocycles. The highest BCUT2D eigenvalue weighted by atomic mass is 16.2. The van der Waals surface area contributed by atoms with Crippen molar-refractivity contribution >= 4 is 22.7 Å². The van der Waals surface area contributed by atoms with Crippen LogP contribution in [0.4, 0.5) is 0 Å². The van der Waals surface area contributed by atoms with Crippen LogP contribution in [0.5, 0.6) is 0 Å². The first-order valence-electron chi connectivity index (χ1n) is 8.23. The van der Waals surface area contributed by atoms with E-state index in [2.05, 4.69) is 20.6 Å². The van der Waals surface area contributed by atoms with E-state index in [0.29, 0.717) is 5.56 Å². The molecule has 0 unspecified atom stereocenters. The molecule has 6 nitrogen and oxygen atoms in total. The molecule has 1 saturated carbocycles. The van der Waals surface area contributed by atoms with Crippen LogP contribution in [0, 0.1) is 13.8 Å². The number of carbonyl (C=O) groups is 1. The molecule has 6 heteroatoms. The van der Waals surface area contributed by atoms with Crippen molar-refractivity contribution in [2.75, 3.05) is 0 Å². The minimum Gasteiger partial charge on any atom is -0.267 e. The number of nitrogens with one attached hydrogen (secondary N) is 1. The Kier molecular flexibility index (Phi) is 4.41. The molecular formula is C17H23N5O. The zero-order chi connectivity index (χ0) is 16.4. The lowest BCUT2D eigenvalue weighted by molar-refractivity contribution is 0.0956. The summed E-state index contributed by atoms with van der Waals surface area (Å²) >= 11 is 0. The van der Waals surface area contributed by atoms with Crippen LogP contribution in [-0.2, 0) is 7.05 Å². The van der Waals surface area contributed by atoms with Crippen LogP contribution in [0.2, 0.25) is 0 Å². The predicted octanol–water partition coefficient (Wildman–Crippen LogP) is 3.03. The maximum absolute atomic E-state index is 12.6. The van der Waals surface area contributed by atoms with E-state index in [-0.39, 0.29) is 5.91 Å². The molecule has 1 aliphatic carbocycles. The van der Waals surface area contributed by atoms with Gasteiger partial charge in [-0.05, 0) is 45.6 Å². The van der Waals surface area contributed by atoms with Gasteiger partial charge < -0.3 is 0 Å². The van der Waals surface area contributed by atoms with Gasteiger partial charge >= 0.3 is 0 Å². The van der Waals surface area contributed by atoms with Gasteiger partial charge in [0.25, 0.3) is 5.91 Å². The molecule has 122 valence electrons. The molecule has 1 N–H and O–H groups in total. The Bertz CT molecular complexity index is 765. The average molecular weight is 313 g/mol. The van der Waals surface area contributed by atoms with Crippen molar-refractivity contribution in [3.63, 3.8) is 0 Å². The number of hydrogen-bond acceptors (Lipinski definition) is 4. The van der Waals surface area contributed by atoms with Gasteiger partial charge in [0, 0.05) is 18.5 Å². The number of rotatable bonds is 2. The average Bonchev–Trinajstić information content (AvgIpc) is 2.72. The summed E-state index contributed by atoms with van der Waals surface area (Å²) in [5, 5.41) is 9.54. The number of aromatic nitrogens is 3. The van der Waals surface area contributed by atoms with Gasteiger partial charge in [-0.15, -0.1) is 0 Å². The van der Waals surface area contributed by atoms with Crippen molar-refractivity contribution in [3.8, 4) is 0 Å². The Morgan fingerprint density at radius 3 is 2.61 bits per heavy atom. The summed E-state index contributed by atoms with van der Waals surface area (Å²) in [5.74, 6) is -0.187. The Balaban J connectivity index is 1.90. The summed E-state index contributed by atoms with van der Waals surface area (Å²) in [5.41, 5.74) is 6.77. The highest BCUT2D eigenvalue weighted by molar-refractivity contribution is 6.06. The summed E-state index contributed by atoms with van der Waals surface area (Å²) in [6, 6.07) is 1.81. The quantitative estimate of drug-likeness (QED) is 0.684. The fourth-order valence-corrected chi connectivity index (χ4v) is 3.19. The van der Waals surface area contributed by atoms with E-state index in [1.165, 1.54) is 12.8 Å². The molecule has 1 amide bonds. The van der Waals surface area contributed by atoms with E-state index in [1.807, 2.05) is 20.9 Å². The highest BCUT2D eigenvalue weighted by Gasteiger charge is 2.17. The van der Waals surface area contributed by atoms with Crippen molar-refractivity contribution in [2.24, 2.45) is 12.1 Å². The molecule has 0 atom stereocenters. The largest absolute Gasteiger partial charge is 0.272 e. The molecular weight excluding hydrogens is 290 g/mol. The van der Waals surface area contributed by atoms with Crippen LogP contribution in [0.1, 0.15) is 60.3 Å². The Morgan fingerprint density at radius 1 is 1.22 bits per heavy atom. The van der Waals surface area contributed by atoms with Crippen molar-refractivity contribution in [2.45, 2.75) is 52.4 Å². The van der Waals surface area contributed by atoms with E-state index >= 15 is 0 Å². The molecule has 1 aliphatic rings. The molecule has 23 heavy (non-hydrogen) atoms. The second-order valence-corrected chi connectivity index (χ2v) is 6.25. The maximum atomic E-state index is 12.6. The van der Waals surface area contributed by atoms with Crippen LogP contribution < -0.4 is 5.43 Å². The second kappa shape index (κ2) is 6.48. The number of hydrazone groups is 1. The monoisotopic (exact) mass is 313 g/mol. The Hall–Kier alpha value is -2.24. The number of aryl methyl sites for hydroxylation is 3. The van der Waals surface area contributed by atoms with Gasteiger partial charge in [0.1, 0.15) is 0 Å². The first-order valence-corrected chi connectivity index (χ1v) is 8.23. The van der Waals surface area contributed by atoms with Crippen LogP contribution in [0.25, 0.3) is 11.0 Å². The van der Waals surface area contributed by atoms with Crippen LogP contribution in [0.15, 0.2) is 11.2 Å². The Morgan fingerprint density at radius 2 is 1.91 bits per heavy atom. The normalized spacial score (nSPS) is 15.5. The third-order valence-corrected chi connectivity index (χ3v) is 4.34. The number of pyridine rings is 1. The number of carbonyl (C=O) groups excluding carboxylic acids is 1. The molecule has 2 aromatic heterocycles. The molecule has 1 fully saturated rings. The first-order chi connectivity index (χ1) is 11.1. The molecule has 2 aromatic rings. The van der Waals surface area contributed by atoms with E-state index in [1.54, 1.807) is 10.7 Å². The van der Waals surface area contributed by atoms with Gasteiger partial charge in [-0.1, -0.05) is 12.8 Å². The van der Waals surface area contributed by atoms with Gasteiger partial charge in [0.2, 0.25) is 0 Å². The fraction of sp³-hybridized carbons (Fsp3) is 0.529. The molecule has 0 aromatic carbocycles. The SMILES string of the molecule is Cc1cc(C(=O)NN=C2CCCCCC2)c2c(C)nn(C)c2n1. The minimum atomic E-state index is -0.187. The first kappa shape index (κ1) is 15.6. The van der Waals surface area contributed by atoms with Gasteiger partial charge in [-0.2, -0.15) is 10.2 Å². The summed E-state index contributed by atoms with van der Waals surface area (Å²) in [6.45, 7) is 3.78. The Labute approximate surface area is 136 Å². The summed E-state index contributed by atoms with van der Waals surface area (Å²) in [7, 11) is 1.84. The maximum Gasteiger partial charge on any atom is 0.272 e. The molecule has 0 spiro atoms. The van der Waals surface area contributed by atoms with Gasteiger partial charge in [-0.25, -0.2) is 10.4 Å². The highest BCUT2D eigenvalue weighted by Crippen LogP contribution is 2.21. The lowest BCUT2D eigenvalue weighted by Gasteiger charge is -2.06. The number of hydrogen-bond donors (Lipinski definition) is 1. The zero-order valence-electron chi connectivity index (χ0n) is 14.0. The second-order valence-electron chi connectivity index (χ2n) is 6.25. The fourth-order valence-electron chi connectivity index (χ4n) is 3.19. The van der Waals surface area contributed by atoms with Gasteiger partial charge in [0.05, 0.1) is 16.6 Å². The van der Waals surface area contributed by atoms with E-state index < -0.39 is 0 Å². The smallest absolute Gasteiger partial charge is 0.267 e. The molecule has 0 aliphatic heterocycles. The zero-order valence-corrected chi connectivity index (χ0v) is 14.0. The van der Waals surface area contributed by atoms with E-state index in [0.717, 1.165) is 53.8 Å². The number of fused-ring (bicyclic) bond motifs is 1. The number of nitrogens with zero attached hydrogens (tertiary/aromatic N) is 4. The minimum absolute atomic E-state index is 0.187. The third-order valence-electron chi connectivity index (χ3n) is 4.34. The summed E-state index contributed by atoms with van der Waals surface area (Å²) < 4.78 is 1.71. The summed E-state index contributed by atoms with van der Waals surface area (Å²) in [4.78, 5) is 17.1. The van der Waals surface area contributed by atoms with Crippen molar-refractivity contribution in [1.82, 2.24) is 20.2 Å². The topological polar surface area (TPSA) is 72.2 Å². The number of amides is 1. The summed E-state index contributed by atoms with van der Waals surface area (Å²) in [6.07, 6.45) is 6.80. The van der Waals surface area contributed by atoms with Crippen molar-refractivity contribution in [3.05, 3.63) is 23.0 Å². The predicted molar refractivity (Wildman–Crippen MR) is 90.6 cm³/mol. The van der Waals surface area contributed by atoms with Crippen molar-refractivity contribution in [1.29, 1.82) is 0 Å². The molecule has 3 rings (SSSR count). The van der Waals surface area contributed by atoms with Crippen LogP contribution in [0.3, 0.4) is 0 Å². The van der Waals surface area contributed by atoms with Crippen molar-refractivity contribution < 1.29 is 4.79 Å². The molecule has 0 saturated heterocycles. The molecule has 0 bridgehead atoms. The van der Waals surface area contributed by atoms with E-state index in [9.17, 15) is 4.79 Å². The van der Waals surface area contributed by atoms with E-state index in [4.69, 9.17) is 0 Å².